The van der Waals surface area contributed by atoms with Crippen molar-refractivity contribution in [2.75, 3.05) is 13.2 Å². The highest BCUT2D eigenvalue weighted by Gasteiger charge is 2.47. The van der Waals surface area contributed by atoms with Gasteiger partial charge >= 0.3 is 12.1 Å². The van der Waals surface area contributed by atoms with E-state index in [1.54, 1.807) is 49.9 Å². The molecule has 9 heteroatoms. The number of carboxylic acids is 1. The zero-order valence-corrected chi connectivity index (χ0v) is 22.9. The molecule has 7 nitrogen and oxygen atoms in total. The summed E-state index contributed by atoms with van der Waals surface area (Å²) in [6.07, 6.45) is 1.34. The number of hydrogen-bond donors (Lipinski definition) is 1. The Bertz CT molecular complexity index is 1200. The van der Waals surface area contributed by atoms with E-state index in [-0.39, 0.29) is 24.8 Å². The molecule has 2 bridgehead atoms. The fraction of sp³-hybridized carbons (Fsp3) is 0.429. The molecule has 1 unspecified atom stereocenters. The Labute approximate surface area is 226 Å². The number of benzene rings is 2. The number of rotatable bonds is 7. The van der Waals surface area contributed by atoms with Crippen molar-refractivity contribution < 1.29 is 28.9 Å². The molecule has 1 saturated heterocycles. The summed E-state index contributed by atoms with van der Waals surface area (Å²) in [7, 11) is 0. The summed E-state index contributed by atoms with van der Waals surface area (Å²) in [5, 5.41) is 11.0. The van der Waals surface area contributed by atoms with Gasteiger partial charge < -0.3 is 19.3 Å². The smallest absolute Gasteiger partial charge is 0.411 e. The lowest BCUT2D eigenvalue weighted by Gasteiger charge is -2.37. The lowest BCUT2D eigenvalue weighted by Crippen LogP contribution is -2.48. The van der Waals surface area contributed by atoms with E-state index in [9.17, 15) is 14.7 Å². The van der Waals surface area contributed by atoms with Crippen molar-refractivity contribution >= 4 is 40.8 Å². The molecule has 2 aliphatic rings. The number of ether oxygens (including phenoxy) is 3. The minimum atomic E-state index is -1.01. The summed E-state index contributed by atoms with van der Waals surface area (Å²) in [5.74, 6) is 0.0354. The highest BCUT2D eigenvalue weighted by Crippen LogP contribution is 2.44. The number of hydrogen-bond acceptors (Lipinski definition) is 5. The van der Waals surface area contributed by atoms with E-state index in [1.165, 1.54) is 0 Å². The van der Waals surface area contributed by atoms with Crippen molar-refractivity contribution in [1.82, 2.24) is 4.90 Å². The highest BCUT2D eigenvalue weighted by molar-refractivity contribution is 6.37. The van der Waals surface area contributed by atoms with Gasteiger partial charge in [0.15, 0.2) is 5.75 Å². The molecule has 1 fully saturated rings. The predicted molar refractivity (Wildman–Crippen MR) is 143 cm³/mol. The minimum Gasteiger partial charge on any atom is -0.490 e. The second-order valence-electron chi connectivity index (χ2n) is 10.3. The second-order valence-corrected chi connectivity index (χ2v) is 11.1. The third kappa shape index (κ3) is 6.16. The van der Waals surface area contributed by atoms with Crippen molar-refractivity contribution in [1.29, 1.82) is 0 Å². The van der Waals surface area contributed by atoms with Crippen molar-refractivity contribution in [2.24, 2.45) is 0 Å². The van der Waals surface area contributed by atoms with Crippen LogP contribution in [-0.4, -0.2) is 53.0 Å². The van der Waals surface area contributed by atoms with E-state index in [4.69, 9.17) is 37.4 Å². The van der Waals surface area contributed by atoms with Crippen LogP contribution in [0.1, 0.15) is 51.2 Å². The first-order valence-electron chi connectivity index (χ1n) is 12.2. The average molecular weight is 548 g/mol. The van der Waals surface area contributed by atoms with Crippen molar-refractivity contribution in [3.63, 3.8) is 0 Å². The topological polar surface area (TPSA) is 85.3 Å². The van der Waals surface area contributed by atoms with E-state index in [0.29, 0.717) is 34.4 Å². The fourth-order valence-electron chi connectivity index (χ4n) is 4.93. The van der Waals surface area contributed by atoms with Crippen LogP contribution in [0.2, 0.25) is 10.0 Å². The van der Waals surface area contributed by atoms with Crippen LogP contribution in [0.15, 0.2) is 42.0 Å². The van der Waals surface area contributed by atoms with E-state index >= 15 is 0 Å². The van der Waals surface area contributed by atoms with Crippen LogP contribution < -0.4 is 9.47 Å². The molecule has 0 aliphatic carbocycles. The maximum Gasteiger partial charge on any atom is 0.411 e. The molecule has 0 aromatic heterocycles. The van der Waals surface area contributed by atoms with Gasteiger partial charge in [-0.15, -0.1) is 0 Å². The first-order valence-corrected chi connectivity index (χ1v) is 13.0. The number of fused-ring (bicyclic) bond motifs is 2. The molecule has 1 N–H and O–H groups in total. The number of carboxylic acid groups (broad SMARTS) is 1. The Morgan fingerprint density at radius 2 is 1.65 bits per heavy atom. The third-order valence-electron chi connectivity index (χ3n) is 6.38. The first-order chi connectivity index (χ1) is 17.4. The number of carbonyl (C=O) groups excluding carboxylic acids is 1. The summed E-state index contributed by atoms with van der Waals surface area (Å²) >= 11 is 12.4. The van der Waals surface area contributed by atoms with Crippen LogP contribution >= 0.6 is 23.2 Å². The van der Waals surface area contributed by atoms with Gasteiger partial charge in [0, 0.05) is 6.04 Å². The van der Waals surface area contributed by atoms with Gasteiger partial charge in [-0.2, -0.15) is 0 Å². The number of aliphatic carboxylic acids is 1. The molecule has 2 aliphatic heterocycles. The van der Waals surface area contributed by atoms with Gasteiger partial charge in [-0.3, -0.25) is 4.90 Å². The first kappa shape index (κ1) is 27.1. The number of halogens is 2. The molecule has 0 saturated carbocycles. The number of nitrogens with zero attached hydrogens (tertiary/aromatic N) is 1. The Balaban J connectivity index is 1.43. The molecule has 0 radical (unpaired) electrons. The summed E-state index contributed by atoms with van der Waals surface area (Å²) in [6.45, 7) is 7.84. The maximum atomic E-state index is 12.8. The minimum absolute atomic E-state index is 0.0913. The zero-order valence-electron chi connectivity index (χ0n) is 21.3. The van der Waals surface area contributed by atoms with Crippen molar-refractivity contribution in [3.8, 4) is 11.5 Å². The monoisotopic (exact) mass is 547 g/mol. The lowest BCUT2D eigenvalue weighted by molar-refractivity contribution is -0.133. The molecule has 2 atom stereocenters. The standard InChI is InChI=1S/C28H31Cl2NO6/c1-16-13-21(29)25(22(30)14-16)36-12-11-35-19-8-5-17(6-9-19)20-15-18-7-10-23(24(20)26(32)33)31(18)27(34)37-28(2,3)4/h5-6,8-9,13-14,18,23H,7,10-12,15H2,1-4H3,(H,32,33)/t18-,23?/m0/s1. The van der Waals surface area contributed by atoms with Crippen LogP contribution in [0.4, 0.5) is 4.79 Å². The van der Waals surface area contributed by atoms with Gasteiger partial charge in [-0.1, -0.05) is 35.3 Å². The van der Waals surface area contributed by atoms with E-state index in [2.05, 4.69) is 0 Å². The van der Waals surface area contributed by atoms with Gasteiger partial charge in [0.05, 0.1) is 21.7 Å². The van der Waals surface area contributed by atoms with E-state index < -0.39 is 23.7 Å². The Morgan fingerprint density at radius 1 is 1.03 bits per heavy atom. The summed E-state index contributed by atoms with van der Waals surface area (Å²) in [4.78, 5) is 26.8. The fourth-order valence-corrected chi connectivity index (χ4v) is 5.63. The summed E-state index contributed by atoms with van der Waals surface area (Å²) < 4.78 is 17.0. The van der Waals surface area contributed by atoms with Crippen LogP contribution in [-0.2, 0) is 9.53 Å². The number of amides is 1. The van der Waals surface area contributed by atoms with Crippen molar-refractivity contribution in [3.05, 3.63) is 63.1 Å². The van der Waals surface area contributed by atoms with Crippen LogP contribution in [0.5, 0.6) is 11.5 Å². The molecule has 2 aromatic carbocycles. The van der Waals surface area contributed by atoms with Crippen LogP contribution in [0, 0.1) is 6.92 Å². The average Bonchev–Trinajstić information content (AvgIpc) is 3.10. The molecule has 37 heavy (non-hydrogen) atoms. The van der Waals surface area contributed by atoms with Gasteiger partial charge in [-0.05, 0) is 87.9 Å². The molecule has 2 heterocycles. The predicted octanol–water partition coefficient (Wildman–Crippen LogP) is 6.77. The molecule has 0 spiro atoms. The Morgan fingerprint density at radius 3 is 2.24 bits per heavy atom. The van der Waals surface area contributed by atoms with Crippen molar-refractivity contribution in [2.45, 2.75) is 64.6 Å². The van der Waals surface area contributed by atoms with Crippen LogP contribution in [0.25, 0.3) is 5.57 Å². The molecule has 1 amide bonds. The summed E-state index contributed by atoms with van der Waals surface area (Å²) in [6, 6.07) is 10.3. The van der Waals surface area contributed by atoms with Gasteiger partial charge in [0.25, 0.3) is 0 Å². The third-order valence-corrected chi connectivity index (χ3v) is 6.94. The number of carbonyl (C=O) groups is 2. The molecule has 198 valence electrons. The Hall–Kier alpha value is -2.90. The largest absolute Gasteiger partial charge is 0.490 e. The Kier molecular flexibility index (Phi) is 7.95. The van der Waals surface area contributed by atoms with Gasteiger partial charge in [0.1, 0.15) is 24.6 Å². The van der Waals surface area contributed by atoms with E-state index in [0.717, 1.165) is 23.1 Å². The molecular formula is C28H31Cl2NO6. The van der Waals surface area contributed by atoms with Gasteiger partial charge in [-0.25, -0.2) is 9.59 Å². The lowest BCUT2D eigenvalue weighted by atomic mass is 9.88. The normalized spacial score (nSPS) is 19.1. The molecule has 4 rings (SSSR count). The summed E-state index contributed by atoms with van der Waals surface area (Å²) in [5.41, 5.74) is 2.11. The number of aryl methyl sites for hydroxylation is 1. The van der Waals surface area contributed by atoms with E-state index in [1.807, 2.05) is 19.1 Å². The highest BCUT2D eigenvalue weighted by atomic mass is 35.5. The zero-order chi connectivity index (χ0) is 26.9. The molecule has 2 aromatic rings. The maximum absolute atomic E-state index is 12.8. The second kappa shape index (κ2) is 10.8. The van der Waals surface area contributed by atoms with Gasteiger partial charge in [0.2, 0.25) is 0 Å². The quantitative estimate of drug-likeness (QED) is 0.385. The van der Waals surface area contributed by atoms with Crippen LogP contribution in [0.3, 0.4) is 0 Å². The SMILES string of the molecule is Cc1cc(Cl)c(OCCOc2ccc(C3=C(C(=O)O)C4CC[C@@H](C3)N4C(=O)OC(C)(C)C)cc2)c(Cl)c1. The molecular weight excluding hydrogens is 517 g/mol.